The number of rotatable bonds is 5. The third-order valence-electron chi connectivity index (χ3n) is 2.84. The molecule has 2 rings (SSSR count). The second kappa shape index (κ2) is 5.12. The van der Waals surface area contributed by atoms with Gasteiger partial charge in [-0.3, -0.25) is 4.79 Å². The molecule has 0 radical (unpaired) electrons. The van der Waals surface area contributed by atoms with E-state index in [9.17, 15) is 4.79 Å². The SMILES string of the molecule is CNCCCc1c[nH]c(=O)c(N2CCC2)n1. The summed E-state index contributed by atoms with van der Waals surface area (Å²) >= 11 is 0. The average Bonchev–Trinajstić information content (AvgIpc) is 2.20. The first-order valence-electron chi connectivity index (χ1n) is 5.79. The van der Waals surface area contributed by atoms with Gasteiger partial charge in [0.25, 0.3) is 5.56 Å². The molecule has 2 N–H and O–H groups in total. The molecule has 2 heterocycles. The summed E-state index contributed by atoms with van der Waals surface area (Å²) < 4.78 is 0. The molecule has 1 aliphatic rings. The smallest absolute Gasteiger partial charge is 0.290 e. The second-order valence-electron chi connectivity index (χ2n) is 4.09. The molecular formula is C11H18N4O. The van der Waals surface area contributed by atoms with E-state index in [0.29, 0.717) is 5.82 Å². The molecule has 88 valence electrons. The number of H-pyrrole nitrogens is 1. The monoisotopic (exact) mass is 222 g/mol. The van der Waals surface area contributed by atoms with Crippen molar-refractivity contribution in [2.75, 3.05) is 31.6 Å². The number of hydrogen-bond acceptors (Lipinski definition) is 4. The third kappa shape index (κ3) is 2.41. The van der Waals surface area contributed by atoms with Crippen LogP contribution < -0.4 is 15.8 Å². The number of anilines is 1. The van der Waals surface area contributed by atoms with Crippen molar-refractivity contribution in [2.24, 2.45) is 0 Å². The van der Waals surface area contributed by atoms with Crippen LogP contribution in [-0.4, -0.2) is 36.6 Å². The van der Waals surface area contributed by atoms with Crippen LogP contribution in [0.2, 0.25) is 0 Å². The van der Waals surface area contributed by atoms with Gasteiger partial charge in [-0.25, -0.2) is 4.98 Å². The first kappa shape index (κ1) is 11.1. The van der Waals surface area contributed by atoms with E-state index >= 15 is 0 Å². The molecule has 0 saturated carbocycles. The largest absolute Gasteiger partial charge is 0.352 e. The highest BCUT2D eigenvalue weighted by atomic mass is 16.1. The first-order chi connectivity index (χ1) is 7.81. The molecule has 1 fully saturated rings. The maximum atomic E-state index is 11.6. The zero-order valence-corrected chi connectivity index (χ0v) is 9.62. The molecule has 1 aromatic rings. The summed E-state index contributed by atoms with van der Waals surface area (Å²) in [5.41, 5.74) is 0.897. The van der Waals surface area contributed by atoms with Crippen LogP contribution in [-0.2, 0) is 6.42 Å². The Kier molecular flexibility index (Phi) is 3.56. The van der Waals surface area contributed by atoms with Gasteiger partial charge in [0.05, 0.1) is 5.69 Å². The van der Waals surface area contributed by atoms with Crippen molar-refractivity contribution < 1.29 is 0 Å². The highest BCUT2D eigenvalue weighted by molar-refractivity contribution is 5.38. The minimum absolute atomic E-state index is 0.0722. The Balaban J connectivity index is 2.06. The molecule has 1 saturated heterocycles. The summed E-state index contributed by atoms with van der Waals surface area (Å²) in [6, 6.07) is 0. The topological polar surface area (TPSA) is 61.0 Å². The van der Waals surface area contributed by atoms with Crippen LogP contribution in [0.3, 0.4) is 0 Å². The van der Waals surface area contributed by atoms with Gasteiger partial charge in [-0.2, -0.15) is 0 Å². The number of nitrogens with zero attached hydrogens (tertiary/aromatic N) is 2. The molecule has 1 aliphatic heterocycles. The number of aromatic amines is 1. The lowest BCUT2D eigenvalue weighted by Gasteiger charge is -2.31. The van der Waals surface area contributed by atoms with Crippen LogP contribution in [0.25, 0.3) is 0 Å². The Labute approximate surface area is 94.9 Å². The molecule has 0 unspecified atom stereocenters. The van der Waals surface area contributed by atoms with Gasteiger partial charge in [-0.05, 0) is 32.9 Å². The van der Waals surface area contributed by atoms with Crippen molar-refractivity contribution in [1.29, 1.82) is 0 Å². The zero-order valence-electron chi connectivity index (χ0n) is 9.62. The Bertz CT molecular complexity index is 397. The van der Waals surface area contributed by atoms with E-state index in [1.807, 2.05) is 11.9 Å². The fourth-order valence-corrected chi connectivity index (χ4v) is 1.75. The number of aromatic nitrogens is 2. The molecule has 0 atom stereocenters. The quantitative estimate of drug-likeness (QED) is 0.695. The molecule has 1 aromatic heterocycles. The minimum Gasteiger partial charge on any atom is -0.352 e. The van der Waals surface area contributed by atoms with Crippen molar-refractivity contribution in [2.45, 2.75) is 19.3 Å². The summed E-state index contributed by atoms with van der Waals surface area (Å²) in [5.74, 6) is 0.591. The maximum absolute atomic E-state index is 11.6. The number of hydrogen-bond donors (Lipinski definition) is 2. The molecule has 0 aliphatic carbocycles. The highest BCUT2D eigenvalue weighted by Gasteiger charge is 2.19. The molecule has 16 heavy (non-hydrogen) atoms. The maximum Gasteiger partial charge on any atom is 0.290 e. The molecule has 0 amide bonds. The predicted octanol–water partition coefficient (Wildman–Crippen LogP) is 0.132. The van der Waals surface area contributed by atoms with Gasteiger partial charge < -0.3 is 15.2 Å². The minimum atomic E-state index is -0.0722. The number of nitrogens with one attached hydrogen (secondary N) is 2. The third-order valence-corrected chi connectivity index (χ3v) is 2.84. The van der Waals surface area contributed by atoms with E-state index in [1.54, 1.807) is 6.20 Å². The summed E-state index contributed by atoms with van der Waals surface area (Å²) in [6.45, 7) is 2.88. The van der Waals surface area contributed by atoms with Crippen LogP contribution in [0.4, 0.5) is 5.82 Å². The Hall–Kier alpha value is -1.36. The van der Waals surface area contributed by atoms with E-state index in [2.05, 4.69) is 15.3 Å². The van der Waals surface area contributed by atoms with Crippen LogP contribution in [0.1, 0.15) is 18.5 Å². The normalized spacial score (nSPS) is 14.9. The van der Waals surface area contributed by atoms with Crippen molar-refractivity contribution in [3.63, 3.8) is 0 Å². The average molecular weight is 222 g/mol. The van der Waals surface area contributed by atoms with Crippen LogP contribution >= 0.6 is 0 Å². The van der Waals surface area contributed by atoms with E-state index in [4.69, 9.17) is 0 Å². The van der Waals surface area contributed by atoms with Crippen molar-refractivity contribution in [1.82, 2.24) is 15.3 Å². The van der Waals surface area contributed by atoms with E-state index in [0.717, 1.165) is 44.6 Å². The molecular weight excluding hydrogens is 204 g/mol. The van der Waals surface area contributed by atoms with Gasteiger partial charge in [0.15, 0.2) is 5.82 Å². The van der Waals surface area contributed by atoms with Crippen molar-refractivity contribution in [3.8, 4) is 0 Å². The molecule has 5 heteroatoms. The summed E-state index contributed by atoms with van der Waals surface area (Å²) in [6.07, 6.45) is 4.82. The Morgan fingerprint density at radius 3 is 3.00 bits per heavy atom. The van der Waals surface area contributed by atoms with Crippen LogP contribution in [0.15, 0.2) is 11.0 Å². The van der Waals surface area contributed by atoms with Crippen LogP contribution in [0, 0.1) is 0 Å². The Morgan fingerprint density at radius 2 is 2.38 bits per heavy atom. The van der Waals surface area contributed by atoms with E-state index in [-0.39, 0.29) is 5.56 Å². The first-order valence-corrected chi connectivity index (χ1v) is 5.79. The van der Waals surface area contributed by atoms with Crippen LogP contribution in [0.5, 0.6) is 0 Å². The van der Waals surface area contributed by atoms with Gasteiger partial charge in [0.2, 0.25) is 0 Å². The van der Waals surface area contributed by atoms with Crippen molar-refractivity contribution >= 4 is 5.82 Å². The fraction of sp³-hybridized carbons (Fsp3) is 0.636. The van der Waals surface area contributed by atoms with Gasteiger partial charge in [0.1, 0.15) is 0 Å². The van der Waals surface area contributed by atoms with E-state index < -0.39 is 0 Å². The van der Waals surface area contributed by atoms with Gasteiger partial charge in [-0.15, -0.1) is 0 Å². The summed E-state index contributed by atoms with van der Waals surface area (Å²) in [5, 5.41) is 3.10. The summed E-state index contributed by atoms with van der Waals surface area (Å²) in [7, 11) is 1.94. The number of aryl methyl sites for hydroxylation is 1. The second-order valence-corrected chi connectivity index (χ2v) is 4.09. The lowest BCUT2D eigenvalue weighted by Crippen LogP contribution is -2.41. The standard InChI is InChI=1S/C11H18N4O/c1-12-5-2-4-9-8-13-11(16)10(14-9)15-6-3-7-15/h8,12H,2-7H2,1H3,(H,13,16). The lowest BCUT2D eigenvalue weighted by molar-refractivity contribution is 0.602. The van der Waals surface area contributed by atoms with E-state index in [1.165, 1.54) is 0 Å². The lowest BCUT2D eigenvalue weighted by atomic mass is 10.2. The summed E-state index contributed by atoms with van der Waals surface area (Å²) in [4.78, 5) is 20.8. The van der Waals surface area contributed by atoms with Gasteiger partial charge in [0, 0.05) is 19.3 Å². The van der Waals surface area contributed by atoms with Gasteiger partial charge in [-0.1, -0.05) is 0 Å². The molecule has 0 aromatic carbocycles. The molecule has 0 spiro atoms. The predicted molar refractivity (Wildman–Crippen MR) is 63.9 cm³/mol. The Morgan fingerprint density at radius 1 is 1.56 bits per heavy atom. The molecule has 5 nitrogen and oxygen atoms in total. The zero-order chi connectivity index (χ0) is 11.4. The van der Waals surface area contributed by atoms with Gasteiger partial charge >= 0.3 is 0 Å². The molecule has 0 bridgehead atoms. The highest BCUT2D eigenvalue weighted by Crippen LogP contribution is 2.13. The van der Waals surface area contributed by atoms with Crippen molar-refractivity contribution in [3.05, 3.63) is 22.2 Å². The fourth-order valence-electron chi connectivity index (χ4n) is 1.75.